The Hall–Kier alpha value is -3.19. The summed E-state index contributed by atoms with van der Waals surface area (Å²) in [6.45, 7) is 4.80. The third-order valence-electron chi connectivity index (χ3n) is 6.35. The molecule has 2 amide bonds. The first kappa shape index (κ1) is 20.7. The second-order valence-electron chi connectivity index (χ2n) is 8.37. The van der Waals surface area contributed by atoms with Gasteiger partial charge in [-0.25, -0.2) is 4.98 Å². The number of carbonyl (C=O) groups is 2. The Kier molecular flexibility index (Phi) is 5.66. The molecule has 0 spiro atoms. The van der Waals surface area contributed by atoms with Crippen LogP contribution in [0.1, 0.15) is 22.9 Å². The van der Waals surface area contributed by atoms with E-state index in [1.54, 1.807) is 17.5 Å². The van der Waals surface area contributed by atoms with E-state index in [9.17, 15) is 9.59 Å². The normalized spacial score (nSPS) is 21.3. The summed E-state index contributed by atoms with van der Waals surface area (Å²) in [5.74, 6) is 0.659. The molecule has 2 aromatic heterocycles. The van der Waals surface area contributed by atoms with E-state index in [2.05, 4.69) is 9.88 Å². The van der Waals surface area contributed by atoms with Gasteiger partial charge in [0.05, 0.1) is 12.0 Å². The van der Waals surface area contributed by atoms with Gasteiger partial charge in [-0.1, -0.05) is 29.8 Å². The summed E-state index contributed by atoms with van der Waals surface area (Å²) in [6, 6.07) is 17.6. The van der Waals surface area contributed by atoms with Crippen molar-refractivity contribution in [2.24, 2.45) is 5.92 Å². The van der Waals surface area contributed by atoms with Gasteiger partial charge in [0.1, 0.15) is 5.82 Å². The monoisotopic (exact) mass is 446 g/mol. The molecule has 2 unspecified atom stereocenters. The summed E-state index contributed by atoms with van der Waals surface area (Å²) < 4.78 is 0. The van der Waals surface area contributed by atoms with Gasteiger partial charge < -0.3 is 14.7 Å². The number of aromatic nitrogens is 1. The van der Waals surface area contributed by atoms with Gasteiger partial charge in [0, 0.05) is 49.4 Å². The van der Waals surface area contributed by atoms with Gasteiger partial charge in [-0.2, -0.15) is 0 Å². The summed E-state index contributed by atoms with van der Waals surface area (Å²) in [5, 5.41) is 2.01. The average molecular weight is 447 g/mol. The van der Waals surface area contributed by atoms with Crippen molar-refractivity contribution in [3.63, 3.8) is 0 Å². The number of hydrogen-bond donors (Lipinski definition) is 0. The maximum absolute atomic E-state index is 13.6. The Balaban J connectivity index is 1.37. The van der Waals surface area contributed by atoms with E-state index in [1.807, 2.05) is 76.7 Å². The second kappa shape index (κ2) is 8.74. The van der Waals surface area contributed by atoms with Crippen LogP contribution in [0.3, 0.4) is 0 Å². The summed E-state index contributed by atoms with van der Waals surface area (Å²) >= 11 is 1.61. The van der Waals surface area contributed by atoms with Crippen LogP contribution in [0.4, 0.5) is 11.5 Å². The van der Waals surface area contributed by atoms with Crippen LogP contribution < -0.4 is 9.80 Å². The highest BCUT2D eigenvalue weighted by atomic mass is 32.1. The lowest BCUT2D eigenvalue weighted by Crippen LogP contribution is -2.51. The van der Waals surface area contributed by atoms with Crippen molar-refractivity contribution in [3.05, 3.63) is 76.6 Å². The molecule has 2 saturated heterocycles. The zero-order valence-corrected chi connectivity index (χ0v) is 18.9. The molecule has 0 radical (unpaired) electrons. The predicted molar refractivity (Wildman–Crippen MR) is 127 cm³/mol. The van der Waals surface area contributed by atoms with E-state index in [0.717, 1.165) is 35.0 Å². The molecule has 4 heterocycles. The van der Waals surface area contributed by atoms with Gasteiger partial charge in [0.25, 0.3) is 0 Å². The highest BCUT2D eigenvalue weighted by molar-refractivity contribution is 7.10. The SMILES string of the molecule is Cc1ccc(N2C(=O)CC(C(=O)N3CCN(c4ccccn4)CC3)C2c2cccs2)cc1. The number of anilines is 2. The lowest BCUT2D eigenvalue weighted by Gasteiger charge is -2.37. The number of piperazine rings is 1. The van der Waals surface area contributed by atoms with E-state index >= 15 is 0 Å². The summed E-state index contributed by atoms with van der Waals surface area (Å²) in [4.78, 5) is 38.2. The Morgan fingerprint density at radius 2 is 1.78 bits per heavy atom. The third kappa shape index (κ3) is 3.88. The minimum absolute atomic E-state index is 0.0118. The predicted octanol–water partition coefficient (Wildman–Crippen LogP) is 3.89. The maximum Gasteiger partial charge on any atom is 0.228 e. The molecule has 6 nitrogen and oxygen atoms in total. The van der Waals surface area contributed by atoms with E-state index < -0.39 is 0 Å². The first-order valence-electron chi connectivity index (χ1n) is 11.0. The number of aryl methyl sites for hydroxylation is 1. The zero-order valence-electron chi connectivity index (χ0n) is 18.1. The lowest BCUT2D eigenvalue weighted by atomic mass is 9.96. The fourth-order valence-corrected chi connectivity index (χ4v) is 5.56. The average Bonchev–Trinajstić information content (AvgIpc) is 3.48. The molecule has 3 aromatic rings. The second-order valence-corrected chi connectivity index (χ2v) is 9.35. The fourth-order valence-electron chi connectivity index (χ4n) is 4.68. The molecule has 0 saturated carbocycles. The van der Waals surface area contributed by atoms with Crippen LogP contribution in [-0.2, 0) is 9.59 Å². The molecule has 32 heavy (non-hydrogen) atoms. The molecule has 0 N–H and O–H groups in total. The molecule has 7 heteroatoms. The van der Waals surface area contributed by atoms with Crippen molar-refractivity contribution >= 4 is 34.7 Å². The number of rotatable bonds is 4. The minimum atomic E-state index is -0.371. The highest BCUT2D eigenvalue weighted by Gasteiger charge is 2.47. The molecule has 0 aliphatic carbocycles. The number of benzene rings is 1. The topological polar surface area (TPSA) is 56.8 Å². The Labute approximate surface area is 192 Å². The molecule has 5 rings (SSSR count). The Morgan fingerprint density at radius 3 is 2.44 bits per heavy atom. The largest absolute Gasteiger partial charge is 0.353 e. The number of amides is 2. The maximum atomic E-state index is 13.6. The van der Waals surface area contributed by atoms with Crippen LogP contribution in [0.2, 0.25) is 0 Å². The molecule has 2 atom stereocenters. The van der Waals surface area contributed by atoms with E-state index in [0.29, 0.717) is 13.1 Å². The van der Waals surface area contributed by atoms with Crippen LogP contribution in [0, 0.1) is 12.8 Å². The smallest absolute Gasteiger partial charge is 0.228 e. The summed E-state index contributed by atoms with van der Waals surface area (Å²) in [6.07, 6.45) is 2.04. The lowest BCUT2D eigenvalue weighted by molar-refractivity contribution is -0.136. The quantitative estimate of drug-likeness (QED) is 0.610. The number of pyridine rings is 1. The van der Waals surface area contributed by atoms with Crippen LogP contribution >= 0.6 is 11.3 Å². The molecule has 2 aliphatic rings. The molecular formula is C25H26N4O2S. The van der Waals surface area contributed by atoms with Crippen molar-refractivity contribution in [1.29, 1.82) is 0 Å². The molecule has 2 fully saturated rings. The molecule has 0 bridgehead atoms. The van der Waals surface area contributed by atoms with Crippen molar-refractivity contribution in [3.8, 4) is 0 Å². The van der Waals surface area contributed by atoms with Gasteiger partial charge in [-0.05, 0) is 42.6 Å². The Bertz CT molecular complexity index is 1080. The number of hydrogen-bond acceptors (Lipinski definition) is 5. The molecule has 2 aliphatic heterocycles. The van der Waals surface area contributed by atoms with E-state index in [4.69, 9.17) is 0 Å². The molecule has 1 aromatic carbocycles. The van der Waals surface area contributed by atoms with Crippen LogP contribution in [-0.4, -0.2) is 47.9 Å². The van der Waals surface area contributed by atoms with Gasteiger partial charge >= 0.3 is 0 Å². The highest BCUT2D eigenvalue weighted by Crippen LogP contribution is 2.43. The van der Waals surface area contributed by atoms with Gasteiger partial charge in [0.15, 0.2) is 0 Å². The van der Waals surface area contributed by atoms with Crippen molar-refractivity contribution in [1.82, 2.24) is 9.88 Å². The van der Waals surface area contributed by atoms with Crippen molar-refractivity contribution in [2.45, 2.75) is 19.4 Å². The first-order valence-corrected chi connectivity index (χ1v) is 11.9. The fraction of sp³-hybridized carbons (Fsp3) is 0.320. The van der Waals surface area contributed by atoms with Crippen LogP contribution in [0.25, 0.3) is 0 Å². The molecule has 164 valence electrons. The van der Waals surface area contributed by atoms with Crippen LogP contribution in [0.5, 0.6) is 0 Å². The third-order valence-corrected chi connectivity index (χ3v) is 7.29. The molecular weight excluding hydrogens is 420 g/mol. The number of nitrogens with zero attached hydrogens (tertiary/aromatic N) is 4. The minimum Gasteiger partial charge on any atom is -0.353 e. The number of thiophene rings is 1. The van der Waals surface area contributed by atoms with Crippen LogP contribution in [0.15, 0.2) is 66.2 Å². The van der Waals surface area contributed by atoms with Gasteiger partial charge in [-0.3, -0.25) is 9.59 Å². The first-order chi connectivity index (χ1) is 15.6. The van der Waals surface area contributed by atoms with E-state index in [-0.39, 0.29) is 30.2 Å². The zero-order chi connectivity index (χ0) is 22.1. The van der Waals surface area contributed by atoms with E-state index in [1.165, 1.54) is 0 Å². The summed E-state index contributed by atoms with van der Waals surface area (Å²) in [7, 11) is 0. The van der Waals surface area contributed by atoms with Gasteiger partial charge in [0.2, 0.25) is 11.8 Å². The Morgan fingerprint density at radius 1 is 1.00 bits per heavy atom. The van der Waals surface area contributed by atoms with Crippen molar-refractivity contribution < 1.29 is 9.59 Å². The van der Waals surface area contributed by atoms with Crippen molar-refractivity contribution in [2.75, 3.05) is 36.0 Å². The standard InChI is InChI=1S/C25H26N4O2S/c1-18-7-9-19(10-8-18)29-23(30)17-20(24(29)21-5-4-16-32-21)25(31)28-14-12-27(13-15-28)22-6-2-3-11-26-22/h2-11,16,20,24H,12-15,17H2,1H3. The van der Waals surface area contributed by atoms with Gasteiger partial charge in [-0.15, -0.1) is 11.3 Å². The number of carbonyl (C=O) groups excluding carboxylic acids is 2. The summed E-state index contributed by atoms with van der Waals surface area (Å²) in [5.41, 5.74) is 2.00.